The Morgan fingerprint density at radius 1 is 1.26 bits per heavy atom. The first-order chi connectivity index (χ1) is 11.2. The Morgan fingerprint density at radius 2 is 2.00 bits per heavy atom. The molecule has 1 aromatic carbocycles. The third-order valence-electron chi connectivity index (χ3n) is 4.49. The molecule has 0 saturated carbocycles. The number of carbonyl (C=O) groups excluding carboxylic acids is 1. The summed E-state index contributed by atoms with van der Waals surface area (Å²) < 4.78 is 6.71. The van der Waals surface area contributed by atoms with Crippen LogP contribution < -0.4 is 5.32 Å². The van der Waals surface area contributed by atoms with E-state index in [1.807, 2.05) is 12.1 Å². The molecule has 0 unspecified atom stereocenters. The van der Waals surface area contributed by atoms with E-state index in [9.17, 15) is 9.90 Å². The Bertz CT molecular complexity index is 705. The van der Waals surface area contributed by atoms with Crippen LogP contribution in [0.25, 0.3) is 0 Å². The fourth-order valence-electron chi connectivity index (χ4n) is 3.25. The first-order valence-electron chi connectivity index (χ1n) is 7.76. The summed E-state index contributed by atoms with van der Waals surface area (Å²) >= 11 is 0. The number of ether oxygens (including phenoxy) is 1. The number of hydrogen-bond donors (Lipinski definition) is 2. The van der Waals surface area contributed by atoms with Crippen molar-refractivity contribution in [1.29, 1.82) is 0 Å². The maximum Gasteiger partial charge on any atom is 0.273 e. The Hall–Kier alpha value is -2.25. The summed E-state index contributed by atoms with van der Waals surface area (Å²) in [7, 11) is 0. The number of fused-ring (bicyclic) bond motifs is 1. The highest BCUT2D eigenvalue weighted by Crippen LogP contribution is 2.22. The molecule has 4 rings (SSSR count). The Balaban J connectivity index is 1.41. The molecule has 2 atom stereocenters. The van der Waals surface area contributed by atoms with Crippen molar-refractivity contribution in [3.8, 4) is 0 Å². The van der Waals surface area contributed by atoms with E-state index >= 15 is 0 Å². The highest BCUT2D eigenvalue weighted by molar-refractivity contribution is 5.92. The van der Waals surface area contributed by atoms with Crippen LogP contribution in [0.5, 0.6) is 0 Å². The maximum absolute atomic E-state index is 12.3. The topological polar surface area (TPSA) is 89.3 Å². The number of carbonyl (C=O) groups is 1. The second-order valence-corrected chi connectivity index (χ2v) is 6.10. The number of amides is 1. The second-order valence-electron chi connectivity index (χ2n) is 6.10. The normalized spacial score (nSPS) is 23.9. The second kappa shape index (κ2) is 5.75. The zero-order valence-electron chi connectivity index (χ0n) is 12.6. The van der Waals surface area contributed by atoms with Gasteiger partial charge in [0.15, 0.2) is 5.69 Å². The Kier molecular flexibility index (Phi) is 3.59. The summed E-state index contributed by atoms with van der Waals surface area (Å²) in [6, 6.07) is 8.04. The predicted molar refractivity (Wildman–Crippen MR) is 81.0 cm³/mol. The molecule has 2 aromatic rings. The van der Waals surface area contributed by atoms with Crippen molar-refractivity contribution in [1.82, 2.24) is 20.3 Å². The van der Waals surface area contributed by atoms with Gasteiger partial charge in [0.2, 0.25) is 0 Å². The highest BCUT2D eigenvalue weighted by Gasteiger charge is 2.30. The van der Waals surface area contributed by atoms with Gasteiger partial charge in [-0.1, -0.05) is 29.5 Å². The fourth-order valence-corrected chi connectivity index (χ4v) is 3.25. The average molecular weight is 314 g/mol. The van der Waals surface area contributed by atoms with Gasteiger partial charge in [0.1, 0.15) is 12.1 Å². The van der Waals surface area contributed by atoms with Crippen molar-refractivity contribution in [3.05, 3.63) is 47.3 Å². The molecule has 1 amide bonds. The van der Waals surface area contributed by atoms with Gasteiger partial charge in [-0.15, -0.1) is 5.10 Å². The number of hydrogen-bond acceptors (Lipinski definition) is 5. The first kappa shape index (κ1) is 14.3. The molecular weight excluding hydrogens is 296 g/mol. The van der Waals surface area contributed by atoms with Gasteiger partial charge in [0, 0.05) is 6.04 Å². The van der Waals surface area contributed by atoms with Crippen molar-refractivity contribution in [2.24, 2.45) is 0 Å². The third-order valence-corrected chi connectivity index (χ3v) is 4.49. The summed E-state index contributed by atoms with van der Waals surface area (Å²) in [5, 5.41) is 20.7. The molecule has 7 nitrogen and oxygen atoms in total. The van der Waals surface area contributed by atoms with Crippen LogP contribution in [0.3, 0.4) is 0 Å². The molecule has 1 aromatic heterocycles. The zero-order chi connectivity index (χ0) is 15.8. The van der Waals surface area contributed by atoms with Gasteiger partial charge < -0.3 is 15.2 Å². The molecule has 1 aliphatic carbocycles. The van der Waals surface area contributed by atoms with Gasteiger partial charge in [-0.25, -0.2) is 4.68 Å². The quantitative estimate of drug-likeness (QED) is 0.839. The fraction of sp³-hybridized carbons (Fsp3) is 0.438. The van der Waals surface area contributed by atoms with Crippen LogP contribution in [0.15, 0.2) is 30.5 Å². The van der Waals surface area contributed by atoms with Gasteiger partial charge in [0.25, 0.3) is 5.91 Å². The van der Waals surface area contributed by atoms with Crippen molar-refractivity contribution in [2.45, 2.75) is 31.0 Å². The number of nitrogens with one attached hydrogen (secondary N) is 1. The van der Waals surface area contributed by atoms with E-state index in [-0.39, 0.29) is 30.3 Å². The SMILES string of the molecule is O=C(NC1Cc2ccccc2C1)c1cn([C@@H]2COC[C@H]2O)nn1. The van der Waals surface area contributed by atoms with Gasteiger partial charge in [0.05, 0.1) is 19.4 Å². The maximum atomic E-state index is 12.3. The molecule has 1 aliphatic heterocycles. The standard InChI is InChI=1S/C16H18N4O3/c21-15-9-23-8-14(15)20-7-13(18-19-20)16(22)17-12-5-10-3-1-2-4-11(10)6-12/h1-4,7,12,14-15,21H,5-6,8-9H2,(H,17,22)/t14-,15-/m1/s1. The smallest absolute Gasteiger partial charge is 0.273 e. The summed E-state index contributed by atoms with van der Waals surface area (Å²) in [5.74, 6) is -0.234. The van der Waals surface area contributed by atoms with Crippen LogP contribution in [0, 0.1) is 0 Å². The molecule has 23 heavy (non-hydrogen) atoms. The van der Waals surface area contributed by atoms with E-state index < -0.39 is 6.10 Å². The van der Waals surface area contributed by atoms with Gasteiger partial charge >= 0.3 is 0 Å². The zero-order valence-corrected chi connectivity index (χ0v) is 12.6. The van der Waals surface area contributed by atoms with Gasteiger partial charge in [-0.3, -0.25) is 4.79 Å². The minimum Gasteiger partial charge on any atom is -0.388 e. The summed E-state index contributed by atoms with van der Waals surface area (Å²) in [6.45, 7) is 0.663. The number of aliphatic hydroxyl groups excluding tert-OH is 1. The molecule has 0 bridgehead atoms. The lowest BCUT2D eigenvalue weighted by Crippen LogP contribution is -2.35. The predicted octanol–water partition coefficient (Wildman–Crippen LogP) is 0.107. The van der Waals surface area contributed by atoms with Crippen LogP contribution in [0.1, 0.15) is 27.7 Å². The molecule has 0 radical (unpaired) electrons. The summed E-state index contributed by atoms with van der Waals surface area (Å²) in [6.07, 6.45) is 2.63. The molecular formula is C16H18N4O3. The number of aromatic nitrogens is 3. The van der Waals surface area contributed by atoms with E-state index in [1.165, 1.54) is 15.8 Å². The van der Waals surface area contributed by atoms with Crippen LogP contribution in [-0.2, 0) is 17.6 Å². The number of rotatable bonds is 3. The summed E-state index contributed by atoms with van der Waals surface area (Å²) in [4.78, 5) is 12.3. The number of benzene rings is 1. The van der Waals surface area contributed by atoms with E-state index in [2.05, 4.69) is 27.8 Å². The van der Waals surface area contributed by atoms with Gasteiger partial charge in [-0.2, -0.15) is 0 Å². The summed E-state index contributed by atoms with van der Waals surface area (Å²) in [5.41, 5.74) is 2.83. The lowest BCUT2D eigenvalue weighted by molar-refractivity contribution is 0.0933. The van der Waals surface area contributed by atoms with E-state index in [4.69, 9.17) is 4.74 Å². The van der Waals surface area contributed by atoms with Crippen molar-refractivity contribution >= 4 is 5.91 Å². The molecule has 1 fully saturated rings. The average Bonchev–Trinajstić information content (AvgIpc) is 3.24. The molecule has 120 valence electrons. The van der Waals surface area contributed by atoms with E-state index in [0.29, 0.717) is 6.61 Å². The number of nitrogens with zero attached hydrogens (tertiary/aromatic N) is 3. The minimum atomic E-state index is -0.614. The van der Waals surface area contributed by atoms with Crippen molar-refractivity contribution in [3.63, 3.8) is 0 Å². The molecule has 0 spiro atoms. The molecule has 7 heteroatoms. The van der Waals surface area contributed by atoms with Crippen LogP contribution in [0.2, 0.25) is 0 Å². The molecule has 1 saturated heterocycles. The van der Waals surface area contributed by atoms with Crippen molar-refractivity contribution in [2.75, 3.05) is 13.2 Å². The molecule has 2 heterocycles. The first-order valence-corrected chi connectivity index (χ1v) is 7.76. The van der Waals surface area contributed by atoms with Crippen LogP contribution >= 0.6 is 0 Å². The lowest BCUT2D eigenvalue weighted by Gasteiger charge is -2.11. The number of aliphatic hydroxyl groups is 1. The Labute approximate surface area is 133 Å². The lowest BCUT2D eigenvalue weighted by atomic mass is 10.1. The van der Waals surface area contributed by atoms with Crippen molar-refractivity contribution < 1.29 is 14.6 Å². The van der Waals surface area contributed by atoms with E-state index in [0.717, 1.165) is 12.8 Å². The highest BCUT2D eigenvalue weighted by atomic mass is 16.5. The monoisotopic (exact) mass is 314 g/mol. The largest absolute Gasteiger partial charge is 0.388 e. The van der Waals surface area contributed by atoms with Crippen LogP contribution in [0.4, 0.5) is 0 Å². The molecule has 2 N–H and O–H groups in total. The van der Waals surface area contributed by atoms with Crippen LogP contribution in [-0.4, -0.2) is 51.4 Å². The minimum absolute atomic E-state index is 0.0884. The molecule has 2 aliphatic rings. The van der Waals surface area contributed by atoms with Gasteiger partial charge in [-0.05, 0) is 24.0 Å². The Morgan fingerprint density at radius 3 is 2.65 bits per heavy atom. The third kappa shape index (κ3) is 2.73. The van der Waals surface area contributed by atoms with E-state index in [1.54, 1.807) is 6.20 Å².